The summed E-state index contributed by atoms with van der Waals surface area (Å²) < 4.78 is 10.4. The van der Waals surface area contributed by atoms with Crippen LogP contribution in [-0.4, -0.2) is 53.9 Å². The van der Waals surface area contributed by atoms with Gasteiger partial charge in [-0.2, -0.15) is 0 Å². The minimum atomic E-state index is -0.919. The fourth-order valence-electron chi connectivity index (χ4n) is 1.96. The van der Waals surface area contributed by atoms with Gasteiger partial charge in [0.25, 0.3) is 0 Å². The lowest BCUT2D eigenvalue weighted by atomic mass is 10.2. The van der Waals surface area contributed by atoms with Crippen LogP contribution in [0.1, 0.15) is 5.56 Å². The molecule has 6 heteroatoms. The topological polar surface area (TPSA) is 71.9 Å². The first-order valence-corrected chi connectivity index (χ1v) is 5.75. The molecule has 1 aromatic rings. The molecule has 2 rings (SSSR count). The van der Waals surface area contributed by atoms with Gasteiger partial charge in [-0.3, -0.25) is 4.90 Å². The van der Waals surface area contributed by atoms with E-state index in [9.17, 15) is 4.79 Å². The van der Waals surface area contributed by atoms with Crippen molar-refractivity contribution in [2.75, 3.05) is 26.8 Å². The number of morpholine rings is 1. The van der Waals surface area contributed by atoms with Crippen molar-refractivity contribution in [1.29, 1.82) is 0 Å². The number of carboxylic acids is 1. The Morgan fingerprint density at radius 3 is 3.28 bits per heavy atom. The van der Waals surface area contributed by atoms with Gasteiger partial charge in [-0.05, 0) is 6.07 Å². The van der Waals surface area contributed by atoms with E-state index in [0.29, 0.717) is 32.1 Å². The summed E-state index contributed by atoms with van der Waals surface area (Å²) in [5.41, 5.74) is 0.950. The highest BCUT2D eigenvalue weighted by molar-refractivity contribution is 5.72. The normalized spacial score (nSPS) is 20.6. The van der Waals surface area contributed by atoms with Gasteiger partial charge >= 0.3 is 5.97 Å². The highest BCUT2D eigenvalue weighted by Gasteiger charge is 2.26. The summed E-state index contributed by atoms with van der Waals surface area (Å²) in [6.07, 6.45) is 0.920. The second-order valence-corrected chi connectivity index (χ2v) is 4.10. The van der Waals surface area contributed by atoms with Crippen LogP contribution in [0.2, 0.25) is 0 Å². The van der Waals surface area contributed by atoms with Gasteiger partial charge in [-0.25, -0.2) is 9.78 Å². The number of aliphatic carboxylic acids is 1. The number of ether oxygens (including phenoxy) is 2. The summed E-state index contributed by atoms with van der Waals surface area (Å²) >= 11 is 0. The van der Waals surface area contributed by atoms with Crippen LogP contribution in [0.15, 0.2) is 18.3 Å². The zero-order valence-corrected chi connectivity index (χ0v) is 10.2. The van der Waals surface area contributed by atoms with Crippen LogP contribution in [0.25, 0.3) is 0 Å². The zero-order chi connectivity index (χ0) is 13.0. The van der Waals surface area contributed by atoms with E-state index < -0.39 is 12.1 Å². The Morgan fingerprint density at radius 1 is 1.72 bits per heavy atom. The first-order valence-electron chi connectivity index (χ1n) is 5.75. The lowest BCUT2D eigenvalue weighted by molar-refractivity contribution is -0.156. The van der Waals surface area contributed by atoms with E-state index >= 15 is 0 Å². The molecule has 0 bridgehead atoms. The maximum Gasteiger partial charge on any atom is 0.334 e. The van der Waals surface area contributed by atoms with Gasteiger partial charge in [0.05, 0.1) is 13.7 Å². The summed E-state index contributed by atoms with van der Waals surface area (Å²) in [6.45, 7) is 2.14. The number of hydrogen-bond acceptors (Lipinski definition) is 5. The molecule has 1 saturated heterocycles. The van der Waals surface area contributed by atoms with E-state index in [1.54, 1.807) is 13.3 Å². The smallest absolute Gasteiger partial charge is 0.334 e. The van der Waals surface area contributed by atoms with E-state index in [4.69, 9.17) is 14.6 Å². The van der Waals surface area contributed by atoms with Crippen LogP contribution in [-0.2, 0) is 16.1 Å². The SMILES string of the molecule is COc1ncccc1CN1CCOC(C(=O)O)C1. The molecule has 0 aromatic carbocycles. The van der Waals surface area contributed by atoms with Gasteiger partial charge in [-0.15, -0.1) is 0 Å². The van der Waals surface area contributed by atoms with Crippen LogP contribution >= 0.6 is 0 Å². The number of pyridine rings is 1. The lowest BCUT2D eigenvalue weighted by Gasteiger charge is -2.30. The molecular formula is C12H16N2O4. The van der Waals surface area contributed by atoms with Crippen molar-refractivity contribution in [3.63, 3.8) is 0 Å². The Bertz CT molecular complexity index is 424. The minimum absolute atomic E-state index is 0.382. The van der Waals surface area contributed by atoms with Gasteiger partial charge in [0, 0.05) is 31.4 Å². The number of hydrogen-bond donors (Lipinski definition) is 1. The number of carbonyl (C=O) groups is 1. The summed E-state index contributed by atoms with van der Waals surface area (Å²) in [4.78, 5) is 17.0. The van der Waals surface area contributed by atoms with E-state index in [0.717, 1.165) is 5.56 Å². The minimum Gasteiger partial charge on any atom is -0.481 e. The van der Waals surface area contributed by atoms with E-state index in [1.807, 2.05) is 17.0 Å². The molecule has 1 N–H and O–H groups in total. The maximum absolute atomic E-state index is 10.9. The first kappa shape index (κ1) is 12.8. The fourth-order valence-corrected chi connectivity index (χ4v) is 1.96. The van der Waals surface area contributed by atoms with Gasteiger partial charge in [0.2, 0.25) is 5.88 Å². The van der Waals surface area contributed by atoms with Gasteiger partial charge in [0.15, 0.2) is 6.10 Å². The molecule has 1 unspecified atom stereocenters. The van der Waals surface area contributed by atoms with Crippen molar-refractivity contribution in [2.24, 2.45) is 0 Å². The van der Waals surface area contributed by atoms with Gasteiger partial charge in [-0.1, -0.05) is 6.07 Å². The van der Waals surface area contributed by atoms with E-state index in [2.05, 4.69) is 4.98 Å². The third-order valence-electron chi connectivity index (χ3n) is 2.86. The second-order valence-electron chi connectivity index (χ2n) is 4.10. The third kappa shape index (κ3) is 2.96. The Kier molecular flexibility index (Phi) is 4.11. The van der Waals surface area contributed by atoms with Gasteiger partial charge in [0.1, 0.15) is 0 Å². The first-order chi connectivity index (χ1) is 8.70. The van der Waals surface area contributed by atoms with Crippen molar-refractivity contribution in [3.8, 4) is 5.88 Å². The van der Waals surface area contributed by atoms with Crippen LogP contribution in [0.3, 0.4) is 0 Å². The maximum atomic E-state index is 10.9. The lowest BCUT2D eigenvalue weighted by Crippen LogP contribution is -2.45. The highest BCUT2D eigenvalue weighted by Crippen LogP contribution is 2.17. The van der Waals surface area contributed by atoms with Crippen molar-refractivity contribution < 1.29 is 19.4 Å². The Morgan fingerprint density at radius 2 is 2.56 bits per heavy atom. The molecule has 1 aliphatic heterocycles. The van der Waals surface area contributed by atoms with Crippen LogP contribution < -0.4 is 4.74 Å². The zero-order valence-electron chi connectivity index (χ0n) is 10.2. The molecule has 6 nitrogen and oxygen atoms in total. The fraction of sp³-hybridized carbons (Fsp3) is 0.500. The second kappa shape index (κ2) is 5.79. The summed E-state index contributed by atoms with van der Waals surface area (Å²) in [5, 5.41) is 8.93. The predicted molar refractivity (Wildman–Crippen MR) is 63.4 cm³/mol. The molecule has 18 heavy (non-hydrogen) atoms. The molecule has 0 radical (unpaired) electrons. The molecule has 1 atom stereocenters. The average Bonchev–Trinajstić information content (AvgIpc) is 2.39. The molecule has 1 fully saturated rings. The molecular weight excluding hydrogens is 236 g/mol. The number of carboxylic acid groups (broad SMARTS) is 1. The summed E-state index contributed by atoms with van der Waals surface area (Å²) in [5.74, 6) is -0.339. The van der Waals surface area contributed by atoms with Gasteiger partial charge < -0.3 is 14.6 Å². The van der Waals surface area contributed by atoms with Crippen LogP contribution in [0.5, 0.6) is 5.88 Å². The molecule has 1 aliphatic rings. The molecule has 0 amide bonds. The predicted octanol–water partition coefficient (Wildman–Crippen LogP) is 0.376. The van der Waals surface area contributed by atoms with E-state index in [-0.39, 0.29) is 0 Å². The molecule has 1 aromatic heterocycles. The largest absolute Gasteiger partial charge is 0.481 e. The Balaban J connectivity index is 2.02. The molecule has 2 heterocycles. The third-order valence-corrected chi connectivity index (χ3v) is 2.86. The highest BCUT2D eigenvalue weighted by atomic mass is 16.5. The van der Waals surface area contributed by atoms with E-state index in [1.165, 1.54) is 0 Å². The number of rotatable bonds is 4. The number of nitrogens with zero attached hydrogens (tertiary/aromatic N) is 2. The summed E-state index contributed by atoms with van der Waals surface area (Å²) in [6, 6.07) is 3.77. The number of methoxy groups -OCH3 is 1. The summed E-state index contributed by atoms with van der Waals surface area (Å²) in [7, 11) is 1.57. The van der Waals surface area contributed by atoms with Crippen molar-refractivity contribution in [3.05, 3.63) is 23.9 Å². The molecule has 0 aliphatic carbocycles. The average molecular weight is 252 g/mol. The number of aromatic nitrogens is 1. The Labute approximate surface area is 105 Å². The molecule has 0 saturated carbocycles. The standard InChI is InChI=1S/C12H16N2O4/c1-17-11-9(3-2-4-13-11)7-14-5-6-18-10(8-14)12(15)16/h2-4,10H,5-8H2,1H3,(H,15,16). The molecule has 98 valence electrons. The Hall–Kier alpha value is -1.66. The van der Waals surface area contributed by atoms with Crippen LogP contribution in [0.4, 0.5) is 0 Å². The van der Waals surface area contributed by atoms with Crippen molar-refractivity contribution in [1.82, 2.24) is 9.88 Å². The monoisotopic (exact) mass is 252 g/mol. The van der Waals surface area contributed by atoms with Crippen molar-refractivity contribution >= 4 is 5.97 Å². The quantitative estimate of drug-likeness (QED) is 0.835. The van der Waals surface area contributed by atoms with Crippen LogP contribution in [0, 0.1) is 0 Å². The van der Waals surface area contributed by atoms with Crippen molar-refractivity contribution in [2.45, 2.75) is 12.6 Å². The molecule has 0 spiro atoms.